The quantitative estimate of drug-likeness (QED) is 0.819. The highest BCUT2D eigenvalue weighted by atomic mass is 19.2. The highest BCUT2D eigenvalue weighted by Crippen LogP contribution is 2.36. The molecule has 1 N–H and O–H groups in total. The van der Waals surface area contributed by atoms with Crippen LogP contribution in [0.2, 0.25) is 0 Å². The minimum Gasteiger partial charge on any atom is -0.332 e. The van der Waals surface area contributed by atoms with Crippen LogP contribution in [0.4, 0.5) is 18.0 Å². The fourth-order valence-electron chi connectivity index (χ4n) is 3.12. The minimum absolute atomic E-state index is 0.177. The molecule has 1 aromatic carbocycles. The Hall–Kier alpha value is -2.55. The first-order chi connectivity index (χ1) is 12.2. The molecule has 9 heteroatoms. The average Bonchev–Trinajstić information content (AvgIpc) is 2.90. The summed E-state index contributed by atoms with van der Waals surface area (Å²) in [4.78, 5) is 29.8. The fraction of sp³-hybridized carbons (Fsp3) is 0.412. The zero-order valence-electron chi connectivity index (χ0n) is 14.6. The van der Waals surface area contributed by atoms with Crippen molar-refractivity contribution in [1.82, 2.24) is 20.0 Å². The molecule has 0 radical (unpaired) electrons. The van der Waals surface area contributed by atoms with Gasteiger partial charge in [-0.15, -0.1) is 0 Å². The summed E-state index contributed by atoms with van der Waals surface area (Å²) in [6.45, 7) is 1.24. The van der Waals surface area contributed by atoms with Gasteiger partial charge in [-0.1, -0.05) is 0 Å². The lowest BCUT2D eigenvalue weighted by atomic mass is 9.95. The van der Waals surface area contributed by atoms with E-state index in [1.807, 2.05) is 19.0 Å². The van der Waals surface area contributed by atoms with Crippen molar-refractivity contribution in [1.29, 1.82) is 0 Å². The summed E-state index contributed by atoms with van der Waals surface area (Å²) in [6, 6.07) is -0.610. The van der Waals surface area contributed by atoms with E-state index in [0.29, 0.717) is 30.9 Å². The topological polar surface area (TPSA) is 55.9 Å². The van der Waals surface area contributed by atoms with Crippen molar-refractivity contribution in [2.24, 2.45) is 0 Å². The average molecular weight is 368 g/mol. The molecule has 3 amide bonds. The lowest BCUT2D eigenvalue weighted by Gasteiger charge is -2.31. The van der Waals surface area contributed by atoms with Gasteiger partial charge in [-0.25, -0.2) is 18.0 Å². The van der Waals surface area contributed by atoms with Crippen molar-refractivity contribution in [3.05, 3.63) is 46.4 Å². The summed E-state index contributed by atoms with van der Waals surface area (Å²) in [5, 5.41) is 2.50. The Balaban J connectivity index is 2.01. The minimum atomic E-state index is -1.33. The highest BCUT2D eigenvalue weighted by Gasteiger charge is 2.43. The summed E-state index contributed by atoms with van der Waals surface area (Å²) in [5.74, 6) is -3.95. The van der Waals surface area contributed by atoms with Crippen molar-refractivity contribution in [2.45, 2.75) is 6.04 Å². The largest absolute Gasteiger partial charge is 0.332 e. The Morgan fingerprint density at radius 3 is 2.46 bits per heavy atom. The third kappa shape index (κ3) is 3.03. The van der Waals surface area contributed by atoms with Gasteiger partial charge in [0.1, 0.15) is 5.82 Å². The van der Waals surface area contributed by atoms with Crippen LogP contribution in [0.1, 0.15) is 11.6 Å². The molecule has 0 bridgehead atoms. The number of amides is 3. The molecule has 2 heterocycles. The number of nitrogens with one attached hydrogen (secondary N) is 1. The maximum absolute atomic E-state index is 14.2. The van der Waals surface area contributed by atoms with Gasteiger partial charge in [-0.2, -0.15) is 0 Å². The van der Waals surface area contributed by atoms with E-state index in [2.05, 4.69) is 5.32 Å². The summed E-state index contributed by atoms with van der Waals surface area (Å²) >= 11 is 0. The van der Waals surface area contributed by atoms with Crippen molar-refractivity contribution in [2.75, 3.05) is 40.8 Å². The van der Waals surface area contributed by atoms with E-state index < -0.39 is 29.5 Å². The smallest absolute Gasteiger partial charge is 0.322 e. The number of urea groups is 1. The van der Waals surface area contributed by atoms with Crippen molar-refractivity contribution < 1.29 is 22.8 Å². The first-order valence-electron chi connectivity index (χ1n) is 8.06. The molecule has 3 rings (SSSR count). The second kappa shape index (κ2) is 6.64. The van der Waals surface area contributed by atoms with Crippen LogP contribution >= 0.6 is 0 Å². The van der Waals surface area contributed by atoms with Gasteiger partial charge in [0, 0.05) is 31.8 Å². The van der Waals surface area contributed by atoms with E-state index in [9.17, 15) is 22.8 Å². The molecule has 1 aromatic rings. The third-order valence-electron chi connectivity index (χ3n) is 4.60. The zero-order valence-corrected chi connectivity index (χ0v) is 14.6. The second-order valence-corrected chi connectivity index (χ2v) is 6.62. The lowest BCUT2D eigenvalue weighted by molar-refractivity contribution is -0.125. The summed E-state index contributed by atoms with van der Waals surface area (Å²) < 4.78 is 41.1. The van der Waals surface area contributed by atoms with Crippen LogP contribution in [0, 0.1) is 17.5 Å². The van der Waals surface area contributed by atoms with Gasteiger partial charge in [0.2, 0.25) is 0 Å². The lowest BCUT2D eigenvalue weighted by Crippen LogP contribution is -2.45. The molecule has 1 atom stereocenters. The third-order valence-corrected chi connectivity index (χ3v) is 4.60. The number of hydrogen-bond acceptors (Lipinski definition) is 3. The van der Waals surface area contributed by atoms with Gasteiger partial charge in [-0.05, 0) is 20.2 Å². The van der Waals surface area contributed by atoms with Crippen molar-refractivity contribution in [3.8, 4) is 0 Å². The molecule has 0 aliphatic carbocycles. The molecule has 0 fully saturated rings. The number of carbonyl (C=O) groups is 2. The molecule has 6 nitrogen and oxygen atoms in total. The van der Waals surface area contributed by atoms with Crippen LogP contribution in [-0.2, 0) is 4.79 Å². The predicted molar refractivity (Wildman–Crippen MR) is 87.5 cm³/mol. The Bertz CT molecular complexity index is 809. The molecule has 2 aliphatic heterocycles. The molecule has 0 saturated heterocycles. The number of nitrogens with zero attached hydrogens (tertiary/aromatic N) is 3. The number of hydrogen-bond donors (Lipinski definition) is 1. The molecular formula is C17H19F3N4O2. The monoisotopic (exact) mass is 368 g/mol. The number of rotatable bonds is 4. The van der Waals surface area contributed by atoms with Crippen LogP contribution in [-0.4, -0.2) is 67.4 Å². The van der Waals surface area contributed by atoms with Crippen LogP contribution in [0.5, 0.6) is 0 Å². The van der Waals surface area contributed by atoms with Gasteiger partial charge < -0.3 is 15.1 Å². The second-order valence-electron chi connectivity index (χ2n) is 6.62. The van der Waals surface area contributed by atoms with Crippen LogP contribution in [0.3, 0.4) is 0 Å². The molecule has 0 saturated carbocycles. The molecule has 140 valence electrons. The normalized spacial score (nSPS) is 20.2. The maximum atomic E-state index is 14.2. The van der Waals surface area contributed by atoms with Gasteiger partial charge in [0.25, 0.3) is 5.91 Å². The van der Waals surface area contributed by atoms with E-state index in [-0.39, 0.29) is 23.6 Å². The predicted octanol–water partition coefficient (Wildman–Crippen LogP) is 1.46. The first-order valence-corrected chi connectivity index (χ1v) is 8.06. The Kier molecular flexibility index (Phi) is 4.66. The number of carbonyl (C=O) groups excluding carboxylic acids is 2. The zero-order chi connectivity index (χ0) is 19.2. The molecule has 26 heavy (non-hydrogen) atoms. The summed E-state index contributed by atoms with van der Waals surface area (Å²) in [7, 11) is 5.24. The van der Waals surface area contributed by atoms with Crippen molar-refractivity contribution >= 4 is 11.9 Å². The van der Waals surface area contributed by atoms with E-state index in [1.54, 1.807) is 4.90 Å². The number of likely N-dealkylation sites (N-methyl/N-ethyl adjacent to an activating group) is 2. The molecule has 0 spiro atoms. The summed E-state index contributed by atoms with van der Waals surface area (Å²) in [5.41, 5.74) is 0.336. The van der Waals surface area contributed by atoms with Gasteiger partial charge in [0.15, 0.2) is 11.6 Å². The number of halogens is 3. The van der Waals surface area contributed by atoms with Crippen LogP contribution < -0.4 is 5.32 Å². The number of benzene rings is 1. The molecular weight excluding hydrogens is 349 g/mol. The summed E-state index contributed by atoms with van der Waals surface area (Å²) in [6.07, 6.45) is 0. The molecule has 1 unspecified atom stereocenters. The molecule has 0 aromatic heterocycles. The van der Waals surface area contributed by atoms with E-state index in [0.717, 1.165) is 0 Å². The van der Waals surface area contributed by atoms with E-state index >= 15 is 0 Å². The standard InChI is InChI=1S/C17H19F3N4O2/c1-22(2)4-5-24-8-13-14(16(24)25)15(21-17(26)23(13)3)9-6-11(19)12(20)7-10(9)18/h6-7,15H,4-5,8H2,1-3H3,(H,21,26). The maximum Gasteiger partial charge on any atom is 0.322 e. The van der Waals surface area contributed by atoms with Crippen LogP contribution in [0.15, 0.2) is 23.4 Å². The SMILES string of the molecule is CN(C)CCN1CC2=C(C1=O)C(c1cc(F)c(F)cc1F)NC(=O)N2C. The van der Waals surface area contributed by atoms with Gasteiger partial charge in [0.05, 0.1) is 23.9 Å². The fourth-order valence-corrected chi connectivity index (χ4v) is 3.12. The van der Waals surface area contributed by atoms with E-state index in [1.165, 1.54) is 11.9 Å². The Morgan fingerprint density at radius 2 is 1.81 bits per heavy atom. The Labute approximate surface area is 148 Å². The van der Waals surface area contributed by atoms with Crippen LogP contribution in [0.25, 0.3) is 0 Å². The van der Waals surface area contributed by atoms with Gasteiger partial charge in [-0.3, -0.25) is 9.69 Å². The highest BCUT2D eigenvalue weighted by molar-refractivity contribution is 6.01. The first kappa shape index (κ1) is 18.2. The molecule has 2 aliphatic rings. The van der Waals surface area contributed by atoms with Gasteiger partial charge >= 0.3 is 6.03 Å². The van der Waals surface area contributed by atoms with Crippen molar-refractivity contribution in [3.63, 3.8) is 0 Å². The Morgan fingerprint density at radius 1 is 1.15 bits per heavy atom. The van der Waals surface area contributed by atoms with E-state index in [4.69, 9.17) is 0 Å².